The first kappa shape index (κ1) is 107. The molecule has 19 amide bonds. The number of fused-ring (bicyclic) bond motifs is 5. The maximum atomic E-state index is 15.9. The minimum Gasteiger partial charge on any atom is -0.508 e. The van der Waals surface area contributed by atoms with Crippen molar-refractivity contribution in [2.75, 3.05) is 46.8 Å². The number of likely N-dealkylation sites (N-methyl/N-ethyl adjacent to an activating group) is 2. The molecule has 0 aliphatic carbocycles. The molecule has 4 aliphatic rings. The van der Waals surface area contributed by atoms with Crippen LogP contribution in [-0.2, 0) is 122 Å². The fraction of sp³-hybridized carbons (Fsp3) is 0.543. The quantitative estimate of drug-likeness (QED) is 0.0239. The van der Waals surface area contributed by atoms with E-state index < -0.39 is 293 Å². The van der Waals surface area contributed by atoms with Crippen LogP contribution in [0.5, 0.6) is 5.75 Å². The van der Waals surface area contributed by atoms with Crippen molar-refractivity contribution < 1.29 is 111 Å². The van der Waals surface area contributed by atoms with Crippen molar-refractivity contribution in [2.24, 2.45) is 34.6 Å². The van der Waals surface area contributed by atoms with Crippen molar-refractivity contribution in [1.82, 2.24) is 87.2 Å². The lowest BCUT2D eigenvalue weighted by Gasteiger charge is -2.38. The molecule has 6 heterocycles. The number of aliphatic carboxylic acids is 1. The Balaban J connectivity index is 1.12. The summed E-state index contributed by atoms with van der Waals surface area (Å²) in [7, 11) is 2.60. The number of aromatic nitrogens is 2. The molecule has 5 aromatic rings. The van der Waals surface area contributed by atoms with Gasteiger partial charge in [-0.1, -0.05) is 102 Å². The van der Waals surface area contributed by atoms with Gasteiger partial charge in [0, 0.05) is 113 Å². The number of phenols is 1. The molecule has 0 spiro atoms. The molecule has 4 saturated heterocycles. The van der Waals surface area contributed by atoms with Crippen molar-refractivity contribution in [3.05, 3.63) is 102 Å². The monoisotopic (exact) mass is 1910 g/mol. The lowest BCUT2D eigenvalue weighted by atomic mass is 9.97. The number of aromatic hydroxyl groups is 1. The Morgan fingerprint density at radius 2 is 0.978 bits per heavy atom. The van der Waals surface area contributed by atoms with Gasteiger partial charge in [-0.2, -0.15) is 0 Å². The molecule has 137 heavy (non-hydrogen) atoms. The number of carbonyl (C=O) groups is 20. The molecule has 0 bridgehead atoms. The van der Waals surface area contributed by atoms with Crippen LogP contribution in [-0.4, -0.2) is 305 Å². The summed E-state index contributed by atoms with van der Waals surface area (Å²) in [5, 5.41) is 58.9. The SMILES string of the molecule is CCCC[C@H]1C(=O)N(C)[C@@H](CCCC)C(=O)N[C@@H](CC(C)C)C(=O)N[C@H](C(N)=O)CNCC(=O)N[C@@H](Cc2ccc(O)cc2)C(=O)N2CCCC[C@H]2C(=O)N[C@@H](CC(N)=O)C(=O)N2CCC[C@H]2C(=O)N[C@@H](CCC(N)=O)C(=O)N[C@@H](CCC(N)=O)C(=O)N2C[C@H](O)C[C@H]2C(=O)N[C@@H](Cc2c[nH]c3ccccc23)C(=O)N[C@@H](CC(N)=O)C(=O)N[C@@H](Cc2cn(CC(=O)O)c3ccccc23)C(=O)N1C. The maximum absolute atomic E-state index is 15.9. The van der Waals surface area contributed by atoms with Crippen molar-refractivity contribution in [3.63, 3.8) is 0 Å². The van der Waals surface area contributed by atoms with Crippen LogP contribution in [0.2, 0.25) is 0 Å². The zero-order valence-electron chi connectivity index (χ0n) is 77.7. The van der Waals surface area contributed by atoms with Crippen LogP contribution in [0.4, 0.5) is 0 Å². The highest BCUT2D eigenvalue weighted by atomic mass is 16.4. The summed E-state index contributed by atoms with van der Waals surface area (Å²) < 4.78 is 1.39. The van der Waals surface area contributed by atoms with Crippen LogP contribution in [0.1, 0.15) is 166 Å². The van der Waals surface area contributed by atoms with Gasteiger partial charge in [-0.3, -0.25) is 95.9 Å². The molecule has 4 aliphatic heterocycles. The molecule has 15 atom stereocenters. The molecule has 0 radical (unpaired) electrons. The van der Waals surface area contributed by atoms with Crippen molar-refractivity contribution in [1.29, 1.82) is 0 Å². The van der Waals surface area contributed by atoms with E-state index in [0.29, 0.717) is 65.0 Å². The number of unbranched alkanes of at least 4 members (excludes halogenated alkanes) is 2. The molecule has 2 aromatic heterocycles. The van der Waals surface area contributed by atoms with Gasteiger partial charge in [-0.15, -0.1) is 0 Å². The van der Waals surface area contributed by atoms with Gasteiger partial charge in [-0.25, -0.2) is 0 Å². The summed E-state index contributed by atoms with van der Waals surface area (Å²) in [6.07, 6.45) is -2.52. The zero-order valence-corrected chi connectivity index (χ0v) is 77.7. The van der Waals surface area contributed by atoms with Gasteiger partial charge in [0.25, 0.3) is 0 Å². The normalized spacial score (nSPS) is 25.1. The fourth-order valence-corrected chi connectivity index (χ4v) is 17.8. The summed E-state index contributed by atoms with van der Waals surface area (Å²) in [5.41, 5.74) is 30.7. The van der Waals surface area contributed by atoms with E-state index >= 15 is 38.4 Å². The molecule has 24 N–H and O–H groups in total. The number of amides is 19. The summed E-state index contributed by atoms with van der Waals surface area (Å²) in [6.45, 7) is 4.44. The Morgan fingerprint density at radius 3 is 1.61 bits per heavy atom. The second-order valence-corrected chi connectivity index (χ2v) is 35.8. The van der Waals surface area contributed by atoms with Crippen molar-refractivity contribution in [3.8, 4) is 5.75 Å². The smallest absolute Gasteiger partial charge is 0.323 e. The predicted molar refractivity (Wildman–Crippen MR) is 493 cm³/mol. The highest BCUT2D eigenvalue weighted by Crippen LogP contribution is 2.30. The van der Waals surface area contributed by atoms with Crippen LogP contribution in [0.15, 0.2) is 85.2 Å². The van der Waals surface area contributed by atoms with E-state index in [1.807, 2.05) is 13.8 Å². The number of carboxylic acids is 1. The van der Waals surface area contributed by atoms with E-state index in [1.54, 1.807) is 62.4 Å². The van der Waals surface area contributed by atoms with Crippen molar-refractivity contribution in [2.45, 2.75) is 266 Å². The topological polar surface area (TPSA) is 689 Å². The average Bonchev–Trinajstić information content (AvgIpc) is 1.65. The van der Waals surface area contributed by atoms with E-state index in [1.165, 1.54) is 60.2 Å². The Morgan fingerprint density at radius 1 is 0.474 bits per heavy atom. The molecule has 744 valence electrons. The molecule has 0 unspecified atom stereocenters. The van der Waals surface area contributed by atoms with E-state index in [9.17, 15) is 72.9 Å². The summed E-state index contributed by atoms with van der Waals surface area (Å²) in [5.74, 6) is -21.3. The number of hydrogen-bond acceptors (Lipinski definition) is 23. The van der Waals surface area contributed by atoms with E-state index in [-0.39, 0.29) is 81.7 Å². The van der Waals surface area contributed by atoms with E-state index in [4.69, 9.17) is 28.7 Å². The number of carboxylic acid groups (broad SMARTS) is 1. The lowest BCUT2D eigenvalue weighted by Crippen LogP contribution is -2.62. The van der Waals surface area contributed by atoms with Gasteiger partial charge >= 0.3 is 5.97 Å². The van der Waals surface area contributed by atoms with Gasteiger partial charge in [0.05, 0.1) is 25.5 Å². The minimum atomic E-state index is -2.04. The molecular weight excluding hydrogens is 1780 g/mol. The highest BCUT2D eigenvalue weighted by molar-refractivity contribution is 6.03. The fourth-order valence-electron chi connectivity index (χ4n) is 17.8. The number of aliphatic hydroxyl groups is 1. The number of H-pyrrole nitrogens is 1. The average molecular weight is 1910 g/mol. The standard InChI is InChI=1S/C92H128N22O23/c1-7-9-21-68-84(129)104-60(36-49(3)4)81(126)108-66(79(97)124)44-98-45-77(121)100-63(37-50-26-28-53(115)29-27-50)90(135)112-34-16-15-24-69(112)86(131)107-65(42-76(96)120)91(136)113-35-17-25-70(113)85(130)101-58(30-32-73(93)117)80(125)102-59(31-33-74(94)118)89(134)114-47-54(116)40-72(114)87(132)105-61(38-51-43-99-57-20-13-11-18-55(51)57)82(127)103-62(41-75(95)119)83(128)106-64(88(133)110(6)71(22-10-8-2)92(137)109(68)5)39-52-46-111(48-78(122)123)67-23-14-12-19-56(52)67/h11-14,18-20,23,26-29,43,46,49,54,58-66,68-72,98-99,115-116H,7-10,15-17,21-22,24-25,30-42,44-45,47-48H2,1-6H3,(H2,93,117)(H2,94,118)(H2,95,119)(H2,96,120)(H2,97,124)(H,100,121)(H,101,130)(H,102,125)(H,103,127)(H,104,129)(H,105,132)(H,106,128)(H,107,131)(H,108,126)(H,122,123)/t54-,58+,59+,60+,61+,62+,63+,64+,65+,66+,68+,69+,70+,71+,72+/m1/s1. The number of aliphatic hydroxyl groups excluding tert-OH is 1. The number of benzene rings is 3. The first-order chi connectivity index (χ1) is 65.1. The number of para-hydroxylation sites is 2. The van der Waals surface area contributed by atoms with Crippen LogP contribution < -0.4 is 81.8 Å². The summed E-state index contributed by atoms with van der Waals surface area (Å²) in [6, 6.07) is -4.24. The number of piperidine rings is 1. The Kier molecular flexibility index (Phi) is 38.8. The number of phenolic OH excluding ortho intramolecular Hbond substituents is 1. The number of carbonyl (C=O) groups excluding carboxylic acids is 19. The number of nitrogens with two attached hydrogens (primary N) is 5. The third-order valence-corrected chi connectivity index (χ3v) is 24.9. The number of primary amides is 5. The number of nitrogens with one attached hydrogen (secondary N) is 11. The van der Waals surface area contributed by atoms with Crippen LogP contribution in [0, 0.1) is 5.92 Å². The molecule has 45 nitrogen and oxygen atoms in total. The van der Waals surface area contributed by atoms with Crippen LogP contribution in [0.3, 0.4) is 0 Å². The van der Waals surface area contributed by atoms with E-state index in [2.05, 4.69) is 58.2 Å². The summed E-state index contributed by atoms with van der Waals surface area (Å²) in [4.78, 5) is 297. The number of hydrogen-bond donors (Lipinski definition) is 19. The van der Waals surface area contributed by atoms with Gasteiger partial charge in [0.2, 0.25) is 112 Å². The second-order valence-electron chi connectivity index (χ2n) is 35.8. The van der Waals surface area contributed by atoms with Gasteiger partial charge in [-0.05, 0) is 111 Å². The largest absolute Gasteiger partial charge is 0.508 e. The predicted octanol–water partition coefficient (Wildman–Crippen LogP) is -3.91. The first-order valence-corrected chi connectivity index (χ1v) is 46.2. The lowest BCUT2D eigenvalue weighted by molar-refractivity contribution is -0.149. The van der Waals surface area contributed by atoms with Crippen LogP contribution >= 0.6 is 0 Å². The van der Waals surface area contributed by atoms with Crippen molar-refractivity contribution >= 4 is 140 Å². The Labute approximate surface area is 790 Å². The minimum absolute atomic E-state index is 0.0163. The van der Waals surface area contributed by atoms with Gasteiger partial charge in [0.1, 0.15) is 96.9 Å². The molecule has 9 rings (SSSR count). The molecule has 45 heteroatoms. The molecule has 4 fully saturated rings. The first-order valence-electron chi connectivity index (χ1n) is 46.2. The van der Waals surface area contributed by atoms with E-state index in [0.717, 1.165) is 19.6 Å². The maximum Gasteiger partial charge on any atom is 0.323 e. The summed E-state index contributed by atoms with van der Waals surface area (Å²) >= 11 is 0. The third-order valence-electron chi connectivity index (χ3n) is 24.9. The number of rotatable bonds is 27. The molecule has 3 aromatic carbocycles. The molecular formula is C92H128N22O23. The molecule has 0 saturated carbocycles. The van der Waals surface area contributed by atoms with Crippen LogP contribution in [0.25, 0.3) is 21.8 Å². The Bertz CT molecular complexity index is 5270. The second kappa shape index (κ2) is 49.9. The Hall–Kier alpha value is -14.1. The van der Waals surface area contributed by atoms with Gasteiger partial charge in [0.15, 0.2) is 0 Å². The van der Waals surface area contributed by atoms with Gasteiger partial charge < -0.3 is 131 Å². The highest BCUT2D eigenvalue weighted by Gasteiger charge is 2.48. The zero-order chi connectivity index (χ0) is 100. The number of aromatic amines is 1. The number of nitrogens with zero attached hydrogens (tertiary/aromatic N) is 6. The third kappa shape index (κ3) is 29.4.